The van der Waals surface area contributed by atoms with E-state index < -0.39 is 0 Å². The van der Waals surface area contributed by atoms with Crippen LogP contribution in [0.2, 0.25) is 0 Å². The second-order valence-electron chi connectivity index (χ2n) is 5.88. The molecule has 1 aliphatic carbocycles. The minimum absolute atomic E-state index is 0.148. The Morgan fingerprint density at radius 1 is 1.38 bits per heavy atom. The van der Waals surface area contributed by atoms with Gasteiger partial charge in [-0.25, -0.2) is 4.98 Å². The highest BCUT2D eigenvalue weighted by Gasteiger charge is 2.67. The smallest absolute Gasteiger partial charge is 0.143 e. The molecule has 0 bridgehead atoms. The first-order valence-corrected chi connectivity index (χ1v) is 6.58. The van der Waals surface area contributed by atoms with Gasteiger partial charge in [0.25, 0.3) is 0 Å². The molecule has 88 valence electrons. The lowest BCUT2D eigenvalue weighted by Gasteiger charge is -2.03. The molecule has 0 spiro atoms. The lowest BCUT2D eigenvalue weighted by Crippen LogP contribution is -2.10. The lowest BCUT2D eigenvalue weighted by molar-refractivity contribution is -0.120. The average molecular weight is 237 g/mol. The van der Waals surface area contributed by atoms with E-state index in [1.807, 2.05) is 12.3 Å². The Kier molecular flexibility index (Phi) is 2.50. The van der Waals surface area contributed by atoms with Gasteiger partial charge in [-0.2, -0.15) is 0 Å². The van der Waals surface area contributed by atoms with E-state index in [1.54, 1.807) is 11.3 Å². The first kappa shape index (κ1) is 11.8. The summed E-state index contributed by atoms with van der Waals surface area (Å²) in [6.45, 7) is 10.7. The van der Waals surface area contributed by atoms with Gasteiger partial charge in [0.15, 0.2) is 0 Å². The van der Waals surface area contributed by atoms with E-state index in [0.717, 1.165) is 10.7 Å². The second-order valence-corrected chi connectivity index (χ2v) is 6.94. The highest BCUT2D eigenvalue weighted by Crippen LogP contribution is 2.68. The summed E-state index contributed by atoms with van der Waals surface area (Å²) in [6, 6.07) is 0. The molecular weight excluding hydrogens is 218 g/mol. The average Bonchev–Trinajstić information content (AvgIpc) is 2.44. The van der Waals surface area contributed by atoms with Crippen molar-refractivity contribution in [2.75, 3.05) is 0 Å². The molecule has 0 radical (unpaired) electrons. The molecule has 1 fully saturated rings. The summed E-state index contributed by atoms with van der Waals surface area (Å²) in [5.74, 6) is 0.544. The van der Waals surface area contributed by atoms with Crippen molar-refractivity contribution in [3.63, 3.8) is 0 Å². The van der Waals surface area contributed by atoms with Crippen molar-refractivity contribution in [2.45, 2.75) is 41.0 Å². The summed E-state index contributed by atoms with van der Waals surface area (Å²) in [5, 5.41) is 3.03. The number of hydrogen-bond donors (Lipinski definition) is 0. The Morgan fingerprint density at radius 2 is 1.94 bits per heavy atom. The zero-order chi connectivity index (χ0) is 12.1. The molecule has 1 saturated carbocycles. The first-order valence-electron chi connectivity index (χ1n) is 5.70. The number of rotatable bonds is 3. The van der Waals surface area contributed by atoms with Gasteiger partial charge in [-0.05, 0) is 17.8 Å². The molecule has 16 heavy (non-hydrogen) atoms. The molecule has 1 aliphatic rings. The largest absolute Gasteiger partial charge is 0.299 e. The Hall–Kier alpha value is -0.700. The summed E-state index contributed by atoms with van der Waals surface area (Å²) >= 11 is 1.61. The molecule has 0 amide bonds. The number of Topliss-reactive ketones (excluding diaryl/α,β-unsaturated/α-hetero) is 1. The van der Waals surface area contributed by atoms with Crippen LogP contribution in [-0.2, 0) is 11.2 Å². The summed E-state index contributed by atoms with van der Waals surface area (Å²) < 4.78 is 0. The monoisotopic (exact) mass is 237 g/mol. The van der Waals surface area contributed by atoms with Crippen LogP contribution in [0.5, 0.6) is 0 Å². The van der Waals surface area contributed by atoms with E-state index in [0.29, 0.717) is 12.2 Å². The standard InChI is InChI=1S/C13H19NOS/c1-8-14-9(7-16-8)6-10(15)11-12(2,3)13(11,4)5/h7,11H,6H2,1-5H3. The normalized spacial score (nSPS) is 22.1. The van der Waals surface area contributed by atoms with Crippen LogP contribution < -0.4 is 0 Å². The first-order chi connectivity index (χ1) is 7.26. The molecule has 1 aromatic heterocycles. The maximum atomic E-state index is 12.2. The van der Waals surface area contributed by atoms with Crippen LogP contribution in [0.25, 0.3) is 0 Å². The maximum Gasteiger partial charge on any atom is 0.143 e. The van der Waals surface area contributed by atoms with E-state index in [-0.39, 0.29) is 16.7 Å². The van der Waals surface area contributed by atoms with Crippen LogP contribution in [0.4, 0.5) is 0 Å². The fraction of sp³-hybridized carbons (Fsp3) is 0.692. The molecule has 2 rings (SSSR count). The van der Waals surface area contributed by atoms with Crippen LogP contribution >= 0.6 is 11.3 Å². The molecule has 1 aromatic rings. The van der Waals surface area contributed by atoms with Crippen LogP contribution in [-0.4, -0.2) is 10.8 Å². The number of thiazole rings is 1. The zero-order valence-corrected chi connectivity index (χ0v) is 11.4. The van der Waals surface area contributed by atoms with Gasteiger partial charge in [0.05, 0.1) is 10.7 Å². The van der Waals surface area contributed by atoms with Crippen molar-refractivity contribution in [3.05, 3.63) is 16.1 Å². The fourth-order valence-corrected chi connectivity index (χ4v) is 3.38. The van der Waals surface area contributed by atoms with Gasteiger partial charge >= 0.3 is 0 Å². The van der Waals surface area contributed by atoms with E-state index in [4.69, 9.17) is 0 Å². The molecule has 0 atom stereocenters. The number of hydrogen-bond acceptors (Lipinski definition) is 3. The number of aryl methyl sites for hydroxylation is 1. The third-order valence-electron chi connectivity index (χ3n) is 4.36. The van der Waals surface area contributed by atoms with Crippen molar-refractivity contribution in [3.8, 4) is 0 Å². The van der Waals surface area contributed by atoms with Crippen molar-refractivity contribution in [1.82, 2.24) is 4.98 Å². The Morgan fingerprint density at radius 3 is 2.31 bits per heavy atom. The predicted octanol–water partition coefficient (Wildman–Crippen LogP) is 3.25. The Balaban J connectivity index is 2.06. The minimum atomic E-state index is 0.148. The van der Waals surface area contributed by atoms with Crippen LogP contribution in [0.15, 0.2) is 5.38 Å². The molecule has 0 N–H and O–H groups in total. The van der Waals surface area contributed by atoms with Crippen molar-refractivity contribution >= 4 is 17.1 Å². The molecule has 3 heteroatoms. The van der Waals surface area contributed by atoms with E-state index >= 15 is 0 Å². The maximum absolute atomic E-state index is 12.2. The fourth-order valence-electron chi connectivity index (χ4n) is 2.77. The lowest BCUT2D eigenvalue weighted by atomic mass is 10.0. The van der Waals surface area contributed by atoms with Gasteiger partial charge in [-0.1, -0.05) is 27.7 Å². The third-order valence-corrected chi connectivity index (χ3v) is 5.19. The quantitative estimate of drug-likeness (QED) is 0.807. The van der Waals surface area contributed by atoms with Gasteiger partial charge in [-0.3, -0.25) is 4.79 Å². The van der Waals surface area contributed by atoms with E-state index in [9.17, 15) is 4.79 Å². The number of carbonyl (C=O) groups excluding carboxylic acids is 1. The van der Waals surface area contributed by atoms with Gasteiger partial charge in [-0.15, -0.1) is 11.3 Å². The molecule has 1 heterocycles. The van der Waals surface area contributed by atoms with Gasteiger partial charge < -0.3 is 0 Å². The second kappa shape index (κ2) is 3.39. The highest BCUT2D eigenvalue weighted by molar-refractivity contribution is 7.09. The Labute approximate surface area is 101 Å². The van der Waals surface area contributed by atoms with Crippen molar-refractivity contribution in [1.29, 1.82) is 0 Å². The number of carbonyl (C=O) groups is 1. The van der Waals surface area contributed by atoms with Gasteiger partial charge in [0.1, 0.15) is 5.78 Å². The summed E-state index contributed by atoms with van der Waals surface area (Å²) in [5.41, 5.74) is 1.23. The minimum Gasteiger partial charge on any atom is -0.299 e. The zero-order valence-electron chi connectivity index (χ0n) is 10.6. The van der Waals surface area contributed by atoms with Crippen LogP contribution in [0.1, 0.15) is 38.4 Å². The number of ketones is 1. The Bertz CT molecular complexity index is 417. The molecular formula is C13H19NOS. The van der Waals surface area contributed by atoms with E-state index in [1.165, 1.54) is 0 Å². The third kappa shape index (κ3) is 1.61. The molecule has 0 aromatic carbocycles. The molecule has 0 unspecified atom stereocenters. The van der Waals surface area contributed by atoms with Crippen molar-refractivity contribution < 1.29 is 4.79 Å². The van der Waals surface area contributed by atoms with E-state index in [2.05, 4.69) is 32.7 Å². The van der Waals surface area contributed by atoms with Crippen LogP contribution in [0, 0.1) is 23.7 Å². The molecule has 0 saturated heterocycles. The topological polar surface area (TPSA) is 30.0 Å². The molecule has 2 nitrogen and oxygen atoms in total. The highest BCUT2D eigenvalue weighted by atomic mass is 32.1. The summed E-state index contributed by atoms with van der Waals surface area (Å²) in [6.07, 6.45) is 0.502. The number of nitrogens with zero attached hydrogens (tertiary/aromatic N) is 1. The van der Waals surface area contributed by atoms with Gasteiger partial charge in [0.2, 0.25) is 0 Å². The van der Waals surface area contributed by atoms with Crippen molar-refractivity contribution in [2.24, 2.45) is 16.7 Å². The molecule has 0 aliphatic heterocycles. The number of aromatic nitrogens is 1. The summed E-state index contributed by atoms with van der Waals surface area (Å²) in [4.78, 5) is 16.5. The van der Waals surface area contributed by atoms with Gasteiger partial charge in [0, 0.05) is 17.7 Å². The van der Waals surface area contributed by atoms with Crippen LogP contribution in [0.3, 0.4) is 0 Å². The SMILES string of the molecule is Cc1nc(CC(=O)C2C(C)(C)C2(C)C)cs1. The predicted molar refractivity (Wildman–Crippen MR) is 66.6 cm³/mol. The summed E-state index contributed by atoms with van der Waals surface area (Å²) in [7, 11) is 0.